The third kappa shape index (κ3) is 2.57. The minimum Gasteiger partial charge on any atom is -0.493 e. The van der Waals surface area contributed by atoms with E-state index in [2.05, 4.69) is 0 Å². The van der Waals surface area contributed by atoms with Gasteiger partial charge < -0.3 is 14.6 Å². The predicted octanol–water partition coefficient (Wildman–Crippen LogP) is 2.30. The molecule has 1 N–H and O–H groups in total. The van der Waals surface area contributed by atoms with Crippen molar-refractivity contribution in [3.8, 4) is 11.5 Å². The Morgan fingerprint density at radius 2 is 1.69 bits per heavy atom. The van der Waals surface area contributed by atoms with Crippen LogP contribution in [0.5, 0.6) is 11.5 Å². The van der Waals surface area contributed by atoms with E-state index < -0.39 is 12.3 Å². The average Bonchev–Trinajstić information content (AvgIpc) is 2.25. The molecule has 1 aromatic carbocycles. The fourth-order valence-electron chi connectivity index (χ4n) is 1.21. The highest BCUT2D eigenvalue weighted by Crippen LogP contribution is 2.36. The van der Waals surface area contributed by atoms with Crippen LogP contribution in [0, 0.1) is 0 Å². The zero-order chi connectivity index (χ0) is 12.3. The molecule has 0 aliphatic heterocycles. The second-order valence-corrected chi connectivity index (χ2v) is 3.06. The van der Waals surface area contributed by atoms with Crippen LogP contribution >= 0.6 is 0 Å². The topological polar surface area (TPSA) is 38.7 Å². The molecule has 6 heteroatoms. The lowest BCUT2D eigenvalue weighted by Crippen LogP contribution is -2.20. The molecule has 0 fully saturated rings. The van der Waals surface area contributed by atoms with Gasteiger partial charge in [0.05, 0.1) is 14.2 Å². The molecule has 1 unspecified atom stereocenters. The molecule has 90 valence electrons. The smallest absolute Gasteiger partial charge is 0.418 e. The van der Waals surface area contributed by atoms with E-state index in [-0.39, 0.29) is 11.3 Å². The minimum absolute atomic E-state index is 0.142. The van der Waals surface area contributed by atoms with E-state index in [1.54, 1.807) is 0 Å². The zero-order valence-corrected chi connectivity index (χ0v) is 8.71. The Hall–Kier alpha value is -1.43. The Morgan fingerprint density at radius 3 is 2.12 bits per heavy atom. The number of methoxy groups -OCH3 is 2. The molecule has 1 atom stereocenters. The van der Waals surface area contributed by atoms with Gasteiger partial charge in [0.1, 0.15) is 0 Å². The summed E-state index contributed by atoms with van der Waals surface area (Å²) >= 11 is 0. The normalized spacial score (nSPS) is 13.4. The zero-order valence-electron chi connectivity index (χ0n) is 8.71. The summed E-state index contributed by atoms with van der Waals surface area (Å²) in [6.07, 6.45) is -7.22. The number of ether oxygens (including phenoxy) is 2. The van der Waals surface area contributed by atoms with Crippen molar-refractivity contribution in [2.24, 2.45) is 0 Å². The van der Waals surface area contributed by atoms with Gasteiger partial charge in [-0.3, -0.25) is 0 Å². The summed E-state index contributed by atoms with van der Waals surface area (Å²) in [5.41, 5.74) is -0.287. The van der Waals surface area contributed by atoms with Crippen LogP contribution in [-0.4, -0.2) is 25.5 Å². The number of hydrogen-bond donors (Lipinski definition) is 1. The molecule has 0 aliphatic carbocycles. The third-order valence-electron chi connectivity index (χ3n) is 2.03. The van der Waals surface area contributed by atoms with Crippen molar-refractivity contribution < 1.29 is 27.8 Å². The molecule has 0 amide bonds. The number of hydrogen-bond acceptors (Lipinski definition) is 3. The molecule has 0 bridgehead atoms. The Balaban J connectivity index is 3.08. The number of alkyl halides is 3. The largest absolute Gasteiger partial charge is 0.493 e. The molecule has 0 saturated carbocycles. The third-order valence-corrected chi connectivity index (χ3v) is 2.03. The summed E-state index contributed by atoms with van der Waals surface area (Å²) in [4.78, 5) is 0. The van der Waals surface area contributed by atoms with E-state index >= 15 is 0 Å². The van der Waals surface area contributed by atoms with Gasteiger partial charge in [-0.25, -0.2) is 0 Å². The molecule has 0 heterocycles. The maximum Gasteiger partial charge on any atom is 0.418 e. The van der Waals surface area contributed by atoms with E-state index in [0.29, 0.717) is 5.75 Å². The van der Waals surface area contributed by atoms with E-state index in [9.17, 15) is 13.2 Å². The number of aliphatic hydroxyl groups is 1. The van der Waals surface area contributed by atoms with Crippen LogP contribution in [0.2, 0.25) is 0 Å². The fourth-order valence-corrected chi connectivity index (χ4v) is 1.21. The van der Waals surface area contributed by atoms with Crippen molar-refractivity contribution in [2.45, 2.75) is 12.3 Å². The molecule has 1 rings (SSSR count). The van der Waals surface area contributed by atoms with Gasteiger partial charge in [-0.15, -0.1) is 0 Å². The van der Waals surface area contributed by atoms with Crippen molar-refractivity contribution in [2.75, 3.05) is 14.2 Å². The molecule has 1 aromatic rings. The van der Waals surface area contributed by atoms with Crippen LogP contribution < -0.4 is 9.47 Å². The SMILES string of the molecule is COc1ccc(C(O)C(F)(F)F)cc1OC. The van der Waals surface area contributed by atoms with Crippen LogP contribution in [0.25, 0.3) is 0 Å². The minimum atomic E-state index is -4.69. The van der Waals surface area contributed by atoms with Gasteiger partial charge in [0.15, 0.2) is 17.6 Å². The van der Waals surface area contributed by atoms with Gasteiger partial charge >= 0.3 is 6.18 Å². The van der Waals surface area contributed by atoms with E-state index in [1.165, 1.54) is 20.3 Å². The molecule has 0 saturated heterocycles. The first-order chi connectivity index (χ1) is 7.40. The van der Waals surface area contributed by atoms with Crippen LogP contribution in [0.1, 0.15) is 11.7 Å². The summed E-state index contributed by atoms with van der Waals surface area (Å²) < 4.78 is 46.4. The van der Waals surface area contributed by atoms with Crippen molar-refractivity contribution in [3.63, 3.8) is 0 Å². The first-order valence-corrected chi connectivity index (χ1v) is 4.37. The van der Waals surface area contributed by atoms with E-state index in [1.807, 2.05) is 0 Å². The molecule has 0 radical (unpaired) electrons. The molecular formula is C10H11F3O3. The standard InChI is InChI=1S/C10H11F3O3/c1-15-7-4-3-6(5-8(7)16-2)9(14)10(11,12)13/h3-5,9,14H,1-2H3. The quantitative estimate of drug-likeness (QED) is 0.875. The van der Waals surface area contributed by atoms with Crippen molar-refractivity contribution in [1.82, 2.24) is 0 Å². The van der Waals surface area contributed by atoms with Gasteiger partial charge in [0, 0.05) is 0 Å². The van der Waals surface area contributed by atoms with E-state index in [4.69, 9.17) is 14.6 Å². The Labute approximate surface area is 90.4 Å². The van der Waals surface area contributed by atoms with E-state index in [0.717, 1.165) is 12.1 Å². The lowest BCUT2D eigenvalue weighted by atomic mass is 10.1. The van der Waals surface area contributed by atoms with Gasteiger partial charge in [0.25, 0.3) is 0 Å². The lowest BCUT2D eigenvalue weighted by molar-refractivity contribution is -0.206. The van der Waals surface area contributed by atoms with Crippen LogP contribution in [0.3, 0.4) is 0 Å². The monoisotopic (exact) mass is 236 g/mol. The number of rotatable bonds is 3. The number of aliphatic hydroxyl groups excluding tert-OH is 1. The predicted molar refractivity (Wildman–Crippen MR) is 50.6 cm³/mol. The molecular weight excluding hydrogens is 225 g/mol. The summed E-state index contributed by atoms with van der Waals surface area (Å²) in [6, 6.07) is 3.54. The number of benzene rings is 1. The van der Waals surface area contributed by atoms with Crippen LogP contribution in [-0.2, 0) is 0 Å². The van der Waals surface area contributed by atoms with Crippen LogP contribution in [0.4, 0.5) is 13.2 Å². The highest BCUT2D eigenvalue weighted by Gasteiger charge is 2.39. The Bertz CT molecular complexity index is 363. The maximum absolute atomic E-state index is 12.2. The molecule has 0 spiro atoms. The highest BCUT2D eigenvalue weighted by atomic mass is 19.4. The number of halogens is 3. The summed E-state index contributed by atoms with van der Waals surface area (Å²) in [5.74, 6) is 0.448. The average molecular weight is 236 g/mol. The van der Waals surface area contributed by atoms with Crippen molar-refractivity contribution in [3.05, 3.63) is 23.8 Å². The molecule has 16 heavy (non-hydrogen) atoms. The molecule has 0 aliphatic rings. The Morgan fingerprint density at radius 1 is 1.12 bits per heavy atom. The van der Waals surface area contributed by atoms with Gasteiger partial charge in [0.2, 0.25) is 0 Å². The molecule has 3 nitrogen and oxygen atoms in total. The highest BCUT2D eigenvalue weighted by molar-refractivity contribution is 5.43. The first kappa shape index (κ1) is 12.6. The lowest BCUT2D eigenvalue weighted by Gasteiger charge is -2.16. The fraction of sp³-hybridized carbons (Fsp3) is 0.400. The summed E-state index contributed by atoms with van der Waals surface area (Å²) in [6.45, 7) is 0. The van der Waals surface area contributed by atoms with Crippen LogP contribution in [0.15, 0.2) is 18.2 Å². The summed E-state index contributed by atoms with van der Waals surface area (Å²) in [7, 11) is 2.68. The molecule has 0 aromatic heterocycles. The maximum atomic E-state index is 12.2. The first-order valence-electron chi connectivity index (χ1n) is 4.37. The summed E-state index contributed by atoms with van der Waals surface area (Å²) in [5, 5.41) is 9.02. The van der Waals surface area contributed by atoms with Crippen molar-refractivity contribution >= 4 is 0 Å². The van der Waals surface area contributed by atoms with Crippen molar-refractivity contribution in [1.29, 1.82) is 0 Å². The van der Waals surface area contributed by atoms with Gasteiger partial charge in [-0.1, -0.05) is 6.07 Å². The van der Waals surface area contributed by atoms with Gasteiger partial charge in [-0.05, 0) is 17.7 Å². The second kappa shape index (κ2) is 4.61. The Kier molecular flexibility index (Phi) is 3.64. The van der Waals surface area contributed by atoms with Gasteiger partial charge in [-0.2, -0.15) is 13.2 Å². The second-order valence-electron chi connectivity index (χ2n) is 3.06.